The molecule has 1 N–H and O–H groups in total. The van der Waals surface area contributed by atoms with E-state index in [1.54, 1.807) is 11.0 Å². The summed E-state index contributed by atoms with van der Waals surface area (Å²) in [4.78, 5) is 29.6. The van der Waals surface area contributed by atoms with Crippen LogP contribution in [-0.2, 0) is 4.79 Å². The number of rotatable bonds is 5. The number of aryl methyl sites for hydroxylation is 3. The van der Waals surface area contributed by atoms with E-state index in [0.717, 1.165) is 22.4 Å². The minimum Gasteiger partial charge on any atom is -0.333 e. The lowest BCUT2D eigenvalue weighted by atomic mass is 9.90. The maximum absolute atomic E-state index is 13.2. The lowest BCUT2D eigenvalue weighted by Crippen LogP contribution is -2.47. The lowest BCUT2D eigenvalue weighted by Gasteiger charge is -2.33. The number of benzene rings is 1. The average molecular weight is 367 g/mol. The van der Waals surface area contributed by atoms with Crippen molar-refractivity contribution in [2.75, 3.05) is 19.6 Å². The van der Waals surface area contributed by atoms with Crippen LogP contribution in [-0.4, -0.2) is 41.4 Å². The van der Waals surface area contributed by atoms with E-state index < -0.39 is 6.04 Å². The second kappa shape index (κ2) is 7.22. The van der Waals surface area contributed by atoms with Crippen LogP contribution < -0.4 is 5.32 Å². The highest BCUT2D eigenvalue weighted by atomic mass is 16.2. The molecule has 0 aromatic heterocycles. The molecule has 2 aliphatic rings. The number of nitrogens with zero attached hydrogens (tertiary/aromatic N) is 2. The molecule has 0 saturated carbocycles. The third kappa shape index (κ3) is 3.38. The van der Waals surface area contributed by atoms with Crippen molar-refractivity contribution >= 4 is 11.9 Å². The zero-order valence-corrected chi connectivity index (χ0v) is 16.9. The Labute approximate surface area is 161 Å². The molecule has 2 heterocycles. The number of nitrogens with one attached hydrogen (secondary N) is 1. The van der Waals surface area contributed by atoms with Crippen molar-refractivity contribution in [2.24, 2.45) is 5.92 Å². The molecular weight excluding hydrogens is 338 g/mol. The third-order valence-electron chi connectivity index (χ3n) is 5.39. The molecule has 3 amide bonds. The number of amides is 3. The summed E-state index contributed by atoms with van der Waals surface area (Å²) in [5.41, 5.74) is 5.96. The van der Waals surface area contributed by atoms with Crippen molar-refractivity contribution in [1.82, 2.24) is 15.1 Å². The van der Waals surface area contributed by atoms with Gasteiger partial charge in [0.1, 0.15) is 0 Å². The first-order chi connectivity index (χ1) is 12.7. The summed E-state index contributed by atoms with van der Waals surface area (Å²) >= 11 is 0. The van der Waals surface area contributed by atoms with E-state index in [1.807, 2.05) is 11.8 Å². The molecule has 1 unspecified atom stereocenters. The molecule has 27 heavy (non-hydrogen) atoms. The van der Waals surface area contributed by atoms with Gasteiger partial charge in [-0.3, -0.25) is 9.69 Å². The minimum absolute atomic E-state index is 0.0235. The van der Waals surface area contributed by atoms with Gasteiger partial charge in [-0.25, -0.2) is 4.79 Å². The Hall–Kier alpha value is -2.56. The maximum Gasteiger partial charge on any atom is 0.322 e. The number of hydrogen-bond donors (Lipinski definition) is 1. The lowest BCUT2D eigenvalue weighted by molar-refractivity contribution is -0.126. The molecule has 5 nitrogen and oxygen atoms in total. The van der Waals surface area contributed by atoms with Crippen LogP contribution >= 0.6 is 0 Å². The van der Waals surface area contributed by atoms with Gasteiger partial charge < -0.3 is 10.2 Å². The highest BCUT2D eigenvalue weighted by molar-refractivity contribution is 6.01. The molecule has 0 bridgehead atoms. The molecular formula is C22H29N3O2. The monoisotopic (exact) mass is 367 g/mol. The van der Waals surface area contributed by atoms with Crippen molar-refractivity contribution < 1.29 is 9.59 Å². The Balaban J connectivity index is 2.10. The first kappa shape index (κ1) is 19.2. The first-order valence-corrected chi connectivity index (χ1v) is 9.53. The van der Waals surface area contributed by atoms with Gasteiger partial charge in [-0.1, -0.05) is 32.1 Å². The van der Waals surface area contributed by atoms with E-state index in [9.17, 15) is 9.59 Å². The molecule has 1 aromatic carbocycles. The number of hydrogen-bond acceptors (Lipinski definition) is 2. The molecule has 0 spiro atoms. The predicted molar refractivity (Wildman–Crippen MR) is 107 cm³/mol. The quantitative estimate of drug-likeness (QED) is 0.808. The van der Waals surface area contributed by atoms with E-state index in [4.69, 9.17) is 0 Å². The summed E-state index contributed by atoms with van der Waals surface area (Å²) in [6.07, 6.45) is 1.70. The van der Waals surface area contributed by atoms with Gasteiger partial charge >= 0.3 is 6.03 Å². The fraction of sp³-hybridized carbons (Fsp3) is 0.455. The maximum atomic E-state index is 13.2. The molecule has 0 radical (unpaired) electrons. The Morgan fingerprint density at radius 2 is 1.85 bits per heavy atom. The van der Waals surface area contributed by atoms with Crippen LogP contribution in [0.25, 0.3) is 0 Å². The highest BCUT2D eigenvalue weighted by Gasteiger charge is 2.44. The summed E-state index contributed by atoms with van der Waals surface area (Å²) in [6.45, 7) is 15.7. The molecule has 1 aromatic rings. The van der Waals surface area contributed by atoms with Gasteiger partial charge in [-0.2, -0.15) is 0 Å². The van der Waals surface area contributed by atoms with E-state index in [2.05, 4.69) is 51.7 Å². The molecule has 1 atom stereocenters. The van der Waals surface area contributed by atoms with E-state index in [-0.39, 0.29) is 11.9 Å². The van der Waals surface area contributed by atoms with Gasteiger partial charge in [0, 0.05) is 13.1 Å². The normalized spacial score (nSPS) is 19.7. The molecule has 0 fully saturated rings. The van der Waals surface area contributed by atoms with Gasteiger partial charge in [-0.05, 0) is 48.9 Å². The summed E-state index contributed by atoms with van der Waals surface area (Å²) in [5.74, 6) is 0.393. The summed E-state index contributed by atoms with van der Waals surface area (Å²) in [6, 6.07) is 3.65. The summed E-state index contributed by atoms with van der Waals surface area (Å²) in [7, 11) is 0. The molecule has 5 heteroatoms. The van der Waals surface area contributed by atoms with E-state index >= 15 is 0 Å². The number of carbonyl (C=O) groups excluding carboxylic acids is 2. The standard InChI is InChI=1S/C22H29N3O2/c1-7-8-25-18-12-24(11-13(2)3)21(26)19(18)20(23-22(25)27)17-10-15(5)14(4)9-16(17)6/h7,9-10,13,20H,1,8,11-12H2,2-6H3,(H,23,27). The van der Waals surface area contributed by atoms with Crippen molar-refractivity contribution in [1.29, 1.82) is 0 Å². The Morgan fingerprint density at radius 3 is 2.48 bits per heavy atom. The van der Waals surface area contributed by atoms with Gasteiger partial charge in [0.25, 0.3) is 5.91 Å². The van der Waals surface area contributed by atoms with Crippen molar-refractivity contribution in [3.8, 4) is 0 Å². The molecule has 144 valence electrons. The van der Waals surface area contributed by atoms with Crippen LogP contribution in [0.2, 0.25) is 0 Å². The summed E-state index contributed by atoms with van der Waals surface area (Å²) < 4.78 is 0. The first-order valence-electron chi connectivity index (χ1n) is 9.53. The second-order valence-electron chi connectivity index (χ2n) is 8.01. The van der Waals surface area contributed by atoms with E-state index in [1.165, 1.54) is 5.56 Å². The van der Waals surface area contributed by atoms with Crippen molar-refractivity contribution in [2.45, 2.75) is 40.7 Å². The topological polar surface area (TPSA) is 52.7 Å². The van der Waals surface area contributed by atoms with Crippen LogP contribution in [0.1, 0.15) is 42.1 Å². The number of carbonyl (C=O) groups is 2. The minimum atomic E-state index is -0.405. The summed E-state index contributed by atoms with van der Waals surface area (Å²) in [5, 5.41) is 3.06. The molecule has 2 aliphatic heterocycles. The van der Waals surface area contributed by atoms with Crippen molar-refractivity contribution in [3.63, 3.8) is 0 Å². The fourth-order valence-electron chi connectivity index (χ4n) is 3.99. The SMILES string of the molecule is C=CCN1C(=O)NC(c2cc(C)c(C)cc2C)C2=C1CN(CC(C)C)C2=O. The van der Waals surface area contributed by atoms with Crippen LogP contribution in [0.15, 0.2) is 36.1 Å². The van der Waals surface area contributed by atoms with Crippen LogP contribution in [0, 0.1) is 26.7 Å². The molecule has 3 rings (SSSR count). The third-order valence-corrected chi connectivity index (χ3v) is 5.39. The highest BCUT2D eigenvalue weighted by Crippen LogP contribution is 2.38. The van der Waals surface area contributed by atoms with E-state index in [0.29, 0.717) is 31.1 Å². The zero-order chi connectivity index (χ0) is 19.9. The Bertz CT molecular complexity index is 838. The average Bonchev–Trinajstić information content (AvgIpc) is 2.90. The second-order valence-corrected chi connectivity index (χ2v) is 8.01. The van der Waals surface area contributed by atoms with Crippen LogP contribution in [0.5, 0.6) is 0 Å². The van der Waals surface area contributed by atoms with Crippen molar-refractivity contribution in [3.05, 3.63) is 58.3 Å². The Kier molecular flexibility index (Phi) is 5.13. The van der Waals surface area contributed by atoms with Gasteiger partial charge in [-0.15, -0.1) is 6.58 Å². The van der Waals surface area contributed by atoms with Gasteiger partial charge in [0.15, 0.2) is 0 Å². The molecule has 0 aliphatic carbocycles. The fourth-order valence-corrected chi connectivity index (χ4v) is 3.99. The van der Waals surface area contributed by atoms with Gasteiger partial charge in [0.2, 0.25) is 0 Å². The van der Waals surface area contributed by atoms with Crippen LogP contribution in [0.3, 0.4) is 0 Å². The van der Waals surface area contributed by atoms with Crippen LogP contribution in [0.4, 0.5) is 4.79 Å². The molecule has 0 saturated heterocycles. The van der Waals surface area contributed by atoms with Gasteiger partial charge in [0.05, 0.1) is 23.9 Å². The zero-order valence-electron chi connectivity index (χ0n) is 16.9. The smallest absolute Gasteiger partial charge is 0.322 e. The number of urea groups is 1. The predicted octanol–water partition coefficient (Wildman–Crippen LogP) is 3.62. The Morgan fingerprint density at radius 1 is 1.19 bits per heavy atom. The largest absolute Gasteiger partial charge is 0.333 e.